The van der Waals surface area contributed by atoms with Crippen molar-refractivity contribution in [2.45, 2.75) is 12.3 Å². The summed E-state index contributed by atoms with van der Waals surface area (Å²) in [4.78, 5) is 0. The molecule has 1 atom stereocenters. The Morgan fingerprint density at radius 2 is 1.86 bits per heavy atom. The molecule has 0 saturated carbocycles. The minimum Gasteiger partial charge on any atom is -0.364 e. The maximum atomic E-state index is 9.68. The summed E-state index contributed by atoms with van der Waals surface area (Å²) < 4.78 is 5.06. The van der Waals surface area contributed by atoms with Gasteiger partial charge in [-0.1, -0.05) is 47.6 Å². The van der Waals surface area contributed by atoms with Crippen LogP contribution in [0.4, 0.5) is 0 Å². The Morgan fingerprint density at radius 3 is 2.68 bits per heavy atom. The standard InChI is InChI=1S/C18H11N3O/c19-10-18(11-20)8-13-9-22-21-17(13)16(18)15-7-3-5-12-4-1-2-6-14(12)15/h1-7,9,16H,8H2. The molecule has 0 N–H and O–H groups in total. The Labute approximate surface area is 127 Å². The van der Waals surface area contributed by atoms with Crippen LogP contribution in [-0.2, 0) is 6.42 Å². The third-order valence-electron chi connectivity index (χ3n) is 4.44. The molecule has 22 heavy (non-hydrogen) atoms. The summed E-state index contributed by atoms with van der Waals surface area (Å²) >= 11 is 0. The summed E-state index contributed by atoms with van der Waals surface area (Å²) in [7, 11) is 0. The van der Waals surface area contributed by atoms with Gasteiger partial charge in [-0.25, -0.2) is 0 Å². The fourth-order valence-corrected chi connectivity index (χ4v) is 3.42. The summed E-state index contributed by atoms with van der Waals surface area (Å²) in [5.41, 5.74) is 1.38. The quantitative estimate of drug-likeness (QED) is 0.685. The highest BCUT2D eigenvalue weighted by Gasteiger charge is 2.51. The van der Waals surface area contributed by atoms with Gasteiger partial charge in [-0.2, -0.15) is 10.5 Å². The molecule has 0 spiro atoms. The first kappa shape index (κ1) is 12.6. The van der Waals surface area contributed by atoms with E-state index in [2.05, 4.69) is 17.3 Å². The lowest BCUT2D eigenvalue weighted by atomic mass is 9.74. The van der Waals surface area contributed by atoms with Crippen LogP contribution >= 0.6 is 0 Å². The first-order chi connectivity index (χ1) is 10.8. The van der Waals surface area contributed by atoms with E-state index in [1.807, 2.05) is 42.5 Å². The van der Waals surface area contributed by atoms with E-state index in [-0.39, 0.29) is 5.92 Å². The van der Waals surface area contributed by atoms with Crippen LogP contribution in [0.2, 0.25) is 0 Å². The SMILES string of the molecule is N#CC1(C#N)Cc2conc2C1c1cccc2ccccc12. The van der Waals surface area contributed by atoms with E-state index in [4.69, 9.17) is 4.52 Å². The third kappa shape index (κ3) is 1.52. The van der Waals surface area contributed by atoms with E-state index < -0.39 is 5.41 Å². The van der Waals surface area contributed by atoms with Crippen LogP contribution in [0.15, 0.2) is 53.3 Å². The third-order valence-corrected chi connectivity index (χ3v) is 4.44. The molecular weight excluding hydrogens is 274 g/mol. The highest BCUT2D eigenvalue weighted by Crippen LogP contribution is 2.51. The van der Waals surface area contributed by atoms with Gasteiger partial charge in [0.05, 0.1) is 23.8 Å². The topological polar surface area (TPSA) is 73.6 Å². The molecule has 1 aliphatic rings. The van der Waals surface area contributed by atoms with Crippen LogP contribution in [0, 0.1) is 28.1 Å². The van der Waals surface area contributed by atoms with Crippen LogP contribution in [0.1, 0.15) is 22.7 Å². The predicted molar refractivity (Wildman–Crippen MR) is 79.7 cm³/mol. The summed E-state index contributed by atoms with van der Waals surface area (Å²) in [6, 6.07) is 18.4. The van der Waals surface area contributed by atoms with Gasteiger partial charge >= 0.3 is 0 Å². The minimum absolute atomic E-state index is 0.354. The molecule has 1 aliphatic carbocycles. The van der Waals surface area contributed by atoms with E-state index in [9.17, 15) is 10.5 Å². The summed E-state index contributed by atoms with van der Waals surface area (Å²) in [6.45, 7) is 0. The Morgan fingerprint density at radius 1 is 1.09 bits per heavy atom. The summed E-state index contributed by atoms with van der Waals surface area (Å²) in [5.74, 6) is -0.387. The van der Waals surface area contributed by atoms with Gasteiger partial charge in [0.15, 0.2) is 5.41 Å². The number of aromatic nitrogens is 1. The normalized spacial score (nSPS) is 18.5. The molecule has 0 saturated heterocycles. The number of nitrogens with zero attached hydrogens (tertiary/aromatic N) is 3. The second-order valence-electron chi connectivity index (χ2n) is 5.60. The lowest BCUT2D eigenvalue weighted by Gasteiger charge is -2.22. The highest BCUT2D eigenvalue weighted by atomic mass is 16.5. The van der Waals surface area contributed by atoms with Crippen LogP contribution in [0.25, 0.3) is 10.8 Å². The van der Waals surface area contributed by atoms with Gasteiger partial charge in [0.2, 0.25) is 0 Å². The molecule has 0 aliphatic heterocycles. The second kappa shape index (κ2) is 4.44. The van der Waals surface area contributed by atoms with E-state index in [1.165, 1.54) is 0 Å². The van der Waals surface area contributed by atoms with Crippen molar-refractivity contribution in [3.63, 3.8) is 0 Å². The molecule has 1 unspecified atom stereocenters. The zero-order valence-electron chi connectivity index (χ0n) is 11.7. The maximum absolute atomic E-state index is 9.68. The molecule has 0 bridgehead atoms. The molecule has 0 fully saturated rings. The van der Waals surface area contributed by atoms with Crippen molar-refractivity contribution >= 4 is 10.8 Å². The zero-order valence-corrected chi connectivity index (χ0v) is 11.7. The van der Waals surface area contributed by atoms with Gasteiger partial charge < -0.3 is 4.52 Å². The zero-order chi connectivity index (χ0) is 15.2. The van der Waals surface area contributed by atoms with E-state index >= 15 is 0 Å². The maximum Gasteiger partial charge on any atom is 0.160 e. The van der Waals surface area contributed by atoms with Crippen molar-refractivity contribution in [3.8, 4) is 12.1 Å². The molecule has 3 aromatic rings. The number of rotatable bonds is 1. The van der Waals surface area contributed by atoms with E-state index in [0.29, 0.717) is 12.1 Å². The molecule has 2 aromatic carbocycles. The van der Waals surface area contributed by atoms with Crippen molar-refractivity contribution in [3.05, 3.63) is 65.5 Å². The average Bonchev–Trinajstić information content (AvgIpc) is 3.13. The smallest absolute Gasteiger partial charge is 0.160 e. The highest BCUT2D eigenvalue weighted by molar-refractivity contribution is 5.87. The fourth-order valence-electron chi connectivity index (χ4n) is 3.42. The molecule has 4 nitrogen and oxygen atoms in total. The minimum atomic E-state index is -1.13. The lowest BCUT2D eigenvalue weighted by molar-refractivity contribution is 0.383. The van der Waals surface area contributed by atoms with Crippen molar-refractivity contribution in [1.29, 1.82) is 10.5 Å². The first-order valence-electron chi connectivity index (χ1n) is 7.02. The number of benzene rings is 2. The Kier molecular flexibility index (Phi) is 2.55. The van der Waals surface area contributed by atoms with E-state index in [0.717, 1.165) is 21.9 Å². The van der Waals surface area contributed by atoms with Gasteiger partial charge in [0.25, 0.3) is 0 Å². The summed E-state index contributed by atoms with van der Waals surface area (Å²) in [5, 5.41) is 25.6. The molecule has 1 heterocycles. The van der Waals surface area contributed by atoms with Crippen LogP contribution in [0.5, 0.6) is 0 Å². The number of nitriles is 2. The van der Waals surface area contributed by atoms with Crippen molar-refractivity contribution in [2.75, 3.05) is 0 Å². The average molecular weight is 285 g/mol. The lowest BCUT2D eigenvalue weighted by Crippen LogP contribution is -2.23. The van der Waals surface area contributed by atoms with Crippen molar-refractivity contribution in [2.24, 2.45) is 5.41 Å². The van der Waals surface area contributed by atoms with Gasteiger partial charge in [0.1, 0.15) is 6.26 Å². The van der Waals surface area contributed by atoms with Crippen LogP contribution in [0.3, 0.4) is 0 Å². The van der Waals surface area contributed by atoms with Gasteiger partial charge in [-0.15, -0.1) is 0 Å². The molecule has 4 rings (SSSR count). The Bertz CT molecular complexity index is 939. The first-order valence-corrected chi connectivity index (χ1v) is 7.02. The van der Waals surface area contributed by atoms with Crippen LogP contribution in [-0.4, -0.2) is 5.16 Å². The Balaban J connectivity index is 2.04. The molecule has 0 radical (unpaired) electrons. The molecule has 0 amide bonds. The monoisotopic (exact) mass is 285 g/mol. The molecular formula is C18H11N3O. The van der Waals surface area contributed by atoms with Gasteiger partial charge in [-0.05, 0) is 16.3 Å². The molecule has 4 heteroatoms. The van der Waals surface area contributed by atoms with Crippen molar-refractivity contribution in [1.82, 2.24) is 5.16 Å². The van der Waals surface area contributed by atoms with Crippen molar-refractivity contribution < 1.29 is 4.52 Å². The molecule has 1 aromatic heterocycles. The fraction of sp³-hybridized carbons (Fsp3) is 0.167. The predicted octanol–water partition coefficient (Wildman–Crippen LogP) is 3.55. The Hall–Kier alpha value is -3.11. The van der Waals surface area contributed by atoms with Crippen LogP contribution < -0.4 is 0 Å². The largest absolute Gasteiger partial charge is 0.364 e. The summed E-state index contributed by atoms with van der Waals surface area (Å²) in [6.07, 6.45) is 1.90. The molecule has 104 valence electrons. The number of fused-ring (bicyclic) bond motifs is 2. The van der Waals surface area contributed by atoms with Gasteiger partial charge in [-0.3, -0.25) is 0 Å². The van der Waals surface area contributed by atoms with Gasteiger partial charge in [0, 0.05) is 12.0 Å². The van der Waals surface area contributed by atoms with E-state index in [1.54, 1.807) is 6.26 Å². The second-order valence-corrected chi connectivity index (χ2v) is 5.60. The number of hydrogen-bond acceptors (Lipinski definition) is 4. The number of hydrogen-bond donors (Lipinski definition) is 0.